The standard InChI is InChI=1S/C17H11F3N2O/c1-10-6-8-11(9-7-10)15(23)14-16(17(18,19)20)22-13-5-3-2-4-12(13)21-14/h2-9H,1H3. The van der Waals surface area contributed by atoms with Crippen LogP contribution in [0, 0.1) is 6.92 Å². The lowest BCUT2D eigenvalue weighted by Gasteiger charge is -2.11. The zero-order valence-electron chi connectivity index (χ0n) is 12.1. The van der Waals surface area contributed by atoms with Crippen molar-refractivity contribution in [2.75, 3.05) is 0 Å². The van der Waals surface area contributed by atoms with E-state index in [0.29, 0.717) is 0 Å². The number of halogens is 3. The van der Waals surface area contributed by atoms with Crippen LogP contribution in [0.1, 0.15) is 27.3 Å². The lowest BCUT2D eigenvalue weighted by Crippen LogP contribution is -2.18. The third kappa shape index (κ3) is 2.92. The molecule has 0 atom stereocenters. The molecule has 2 aromatic carbocycles. The molecule has 0 aliphatic rings. The number of para-hydroxylation sites is 2. The van der Waals surface area contributed by atoms with Crippen LogP contribution in [0.3, 0.4) is 0 Å². The zero-order chi connectivity index (χ0) is 16.6. The Morgan fingerprint density at radius 3 is 2.04 bits per heavy atom. The van der Waals surface area contributed by atoms with Crippen molar-refractivity contribution in [2.45, 2.75) is 13.1 Å². The van der Waals surface area contributed by atoms with Gasteiger partial charge in [-0.25, -0.2) is 9.97 Å². The molecule has 0 amide bonds. The summed E-state index contributed by atoms with van der Waals surface area (Å²) in [5, 5.41) is 0. The Balaban J connectivity index is 2.22. The number of benzene rings is 2. The van der Waals surface area contributed by atoms with E-state index in [1.807, 2.05) is 6.92 Å². The molecule has 6 heteroatoms. The van der Waals surface area contributed by atoms with Crippen molar-refractivity contribution in [3.63, 3.8) is 0 Å². The molecule has 0 aliphatic carbocycles. The first-order chi connectivity index (χ1) is 10.9. The van der Waals surface area contributed by atoms with Gasteiger partial charge in [0.25, 0.3) is 0 Å². The van der Waals surface area contributed by atoms with Gasteiger partial charge in [-0.15, -0.1) is 0 Å². The number of carbonyl (C=O) groups is 1. The molecule has 116 valence electrons. The number of rotatable bonds is 2. The molecule has 0 bridgehead atoms. The Hall–Kier alpha value is -2.76. The van der Waals surface area contributed by atoms with Crippen LogP contribution in [-0.4, -0.2) is 15.8 Å². The Kier molecular flexibility index (Phi) is 3.60. The average molecular weight is 316 g/mol. The van der Waals surface area contributed by atoms with E-state index in [4.69, 9.17) is 0 Å². The summed E-state index contributed by atoms with van der Waals surface area (Å²) in [6, 6.07) is 12.4. The first-order valence-corrected chi connectivity index (χ1v) is 6.81. The second kappa shape index (κ2) is 5.46. The number of hydrogen-bond donors (Lipinski definition) is 0. The van der Waals surface area contributed by atoms with Crippen molar-refractivity contribution in [1.29, 1.82) is 0 Å². The van der Waals surface area contributed by atoms with Crippen molar-refractivity contribution in [2.24, 2.45) is 0 Å². The Morgan fingerprint density at radius 1 is 0.913 bits per heavy atom. The molecule has 3 rings (SSSR count). The smallest absolute Gasteiger partial charge is 0.287 e. The van der Waals surface area contributed by atoms with Gasteiger partial charge in [-0.2, -0.15) is 13.2 Å². The Labute approximate surface area is 129 Å². The molecule has 3 nitrogen and oxygen atoms in total. The Bertz CT molecular complexity index is 886. The number of alkyl halides is 3. The minimum Gasteiger partial charge on any atom is -0.287 e. The maximum Gasteiger partial charge on any atom is 0.435 e. The summed E-state index contributed by atoms with van der Waals surface area (Å²) < 4.78 is 39.8. The molecule has 0 unspecified atom stereocenters. The van der Waals surface area contributed by atoms with E-state index >= 15 is 0 Å². The number of carbonyl (C=O) groups excluding carboxylic acids is 1. The quantitative estimate of drug-likeness (QED) is 0.666. The number of ketones is 1. The zero-order valence-corrected chi connectivity index (χ0v) is 12.1. The highest BCUT2D eigenvalue weighted by Gasteiger charge is 2.38. The van der Waals surface area contributed by atoms with Crippen LogP contribution in [-0.2, 0) is 6.18 Å². The third-order valence-corrected chi connectivity index (χ3v) is 3.37. The van der Waals surface area contributed by atoms with Gasteiger partial charge in [-0.1, -0.05) is 42.0 Å². The summed E-state index contributed by atoms with van der Waals surface area (Å²) in [5.41, 5.74) is -0.550. The van der Waals surface area contributed by atoms with Gasteiger partial charge < -0.3 is 0 Å². The lowest BCUT2D eigenvalue weighted by atomic mass is 10.0. The van der Waals surface area contributed by atoms with E-state index in [9.17, 15) is 18.0 Å². The van der Waals surface area contributed by atoms with E-state index in [0.717, 1.165) is 5.56 Å². The molecular formula is C17H11F3N2O. The molecular weight excluding hydrogens is 305 g/mol. The fourth-order valence-electron chi connectivity index (χ4n) is 2.20. The maximum atomic E-state index is 13.3. The highest BCUT2D eigenvalue weighted by Crippen LogP contribution is 2.32. The van der Waals surface area contributed by atoms with Crippen LogP contribution >= 0.6 is 0 Å². The normalized spacial score (nSPS) is 11.7. The van der Waals surface area contributed by atoms with Gasteiger partial charge in [0.2, 0.25) is 5.78 Å². The fourth-order valence-corrected chi connectivity index (χ4v) is 2.20. The predicted molar refractivity (Wildman–Crippen MR) is 79.2 cm³/mol. The molecule has 0 N–H and O–H groups in total. The molecule has 0 spiro atoms. The van der Waals surface area contributed by atoms with Crippen molar-refractivity contribution in [1.82, 2.24) is 9.97 Å². The molecule has 1 aromatic heterocycles. The number of nitrogens with zero attached hydrogens (tertiary/aromatic N) is 2. The van der Waals surface area contributed by atoms with Crippen molar-refractivity contribution < 1.29 is 18.0 Å². The summed E-state index contributed by atoms with van der Waals surface area (Å²) in [5.74, 6) is -0.796. The third-order valence-electron chi connectivity index (χ3n) is 3.37. The summed E-state index contributed by atoms with van der Waals surface area (Å²) >= 11 is 0. The number of hydrogen-bond acceptors (Lipinski definition) is 3. The van der Waals surface area contributed by atoms with E-state index in [1.54, 1.807) is 24.3 Å². The van der Waals surface area contributed by atoms with Gasteiger partial charge in [-0.3, -0.25) is 4.79 Å². The first kappa shape index (κ1) is 15.1. The van der Waals surface area contributed by atoms with Crippen molar-refractivity contribution in [3.8, 4) is 0 Å². The van der Waals surface area contributed by atoms with Crippen LogP contribution < -0.4 is 0 Å². The van der Waals surface area contributed by atoms with Crippen LogP contribution in [0.4, 0.5) is 13.2 Å². The summed E-state index contributed by atoms with van der Waals surface area (Å²) in [4.78, 5) is 20.0. The second-order valence-electron chi connectivity index (χ2n) is 5.10. The van der Waals surface area contributed by atoms with E-state index in [-0.39, 0.29) is 16.6 Å². The lowest BCUT2D eigenvalue weighted by molar-refractivity contribution is -0.141. The summed E-state index contributed by atoms with van der Waals surface area (Å²) in [7, 11) is 0. The van der Waals surface area contributed by atoms with Gasteiger partial charge in [0.15, 0.2) is 5.69 Å². The topological polar surface area (TPSA) is 42.9 Å². The first-order valence-electron chi connectivity index (χ1n) is 6.81. The van der Waals surface area contributed by atoms with Gasteiger partial charge in [0.1, 0.15) is 5.69 Å². The van der Waals surface area contributed by atoms with Crippen LogP contribution in [0.15, 0.2) is 48.5 Å². The predicted octanol–water partition coefficient (Wildman–Crippen LogP) is 4.19. The minimum absolute atomic E-state index is 0.0975. The molecule has 0 saturated carbocycles. The molecule has 0 saturated heterocycles. The number of aromatic nitrogens is 2. The van der Waals surface area contributed by atoms with Crippen LogP contribution in [0.2, 0.25) is 0 Å². The Morgan fingerprint density at radius 2 is 1.48 bits per heavy atom. The second-order valence-corrected chi connectivity index (χ2v) is 5.10. The van der Waals surface area contributed by atoms with Crippen LogP contribution in [0.5, 0.6) is 0 Å². The molecule has 0 fully saturated rings. The van der Waals surface area contributed by atoms with E-state index in [1.165, 1.54) is 24.3 Å². The maximum absolute atomic E-state index is 13.3. The highest BCUT2D eigenvalue weighted by atomic mass is 19.4. The van der Waals surface area contributed by atoms with E-state index < -0.39 is 23.3 Å². The molecule has 1 heterocycles. The van der Waals surface area contributed by atoms with Crippen molar-refractivity contribution >= 4 is 16.8 Å². The molecule has 3 aromatic rings. The minimum atomic E-state index is -4.76. The summed E-state index contributed by atoms with van der Waals surface area (Å²) in [6.07, 6.45) is -4.76. The van der Waals surface area contributed by atoms with Gasteiger partial charge in [-0.05, 0) is 19.1 Å². The van der Waals surface area contributed by atoms with Gasteiger partial charge >= 0.3 is 6.18 Å². The van der Waals surface area contributed by atoms with Crippen molar-refractivity contribution in [3.05, 3.63) is 71.0 Å². The van der Waals surface area contributed by atoms with Gasteiger partial charge in [0, 0.05) is 5.56 Å². The van der Waals surface area contributed by atoms with Gasteiger partial charge in [0.05, 0.1) is 11.0 Å². The largest absolute Gasteiger partial charge is 0.435 e. The SMILES string of the molecule is Cc1ccc(C(=O)c2nc3ccccc3nc2C(F)(F)F)cc1. The monoisotopic (exact) mass is 316 g/mol. The van der Waals surface area contributed by atoms with E-state index in [2.05, 4.69) is 9.97 Å². The molecule has 0 aliphatic heterocycles. The number of aryl methyl sites for hydroxylation is 1. The molecule has 23 heavy (non-hydrogen) atoms. The summed E-state index contributed by atoms with van der Waals surface area (Å²) in [6.45, 7) is 1.82. The average Bonchev–Trinajstić information content (AvgIpc) is 2.53. The molecule has 0 radical (unpaired) electrons. The highest BCUT2D eigenvalue weighted by molar-refractivity contribution is 6.09. The number of fused-ring (bicyclic) bond motifs is 1. The fraction of sp³-hybridized carbons (Fsp3) is 0.118. The van der Waals surface area contributed by atoms with Crippen LogP contribution in [0.25, 0.3) is 11.0 Å².